The number of amides is 1. The third-order valence-corrected chi connectivity index (χ3v) is 3.57. The Morgan fingerprint density at radius 1 is 1.21 bits per heavy atom. The molecule has 19 heavy (non-hydrogen) atoms. The Kier molecular flexibility index (Phi) is 4.53. The SMILES string of the molecule is N#Cc1cccc(CNC(=O)c2ccccc2I)c1. The van der Waals surface area contributed by atoms with Crippen LogP contribution in [0.1, 0.15) is 21.5 Å². The zero-order valence-electron chi connectivity index (χ0n) is 10.1. The van der Waals surface area contributed by atoms with Crippen LogP contribution in [-0.4, -0.2) is 5.91 Å². The highest BCUT2D eigenvalue weighted by atomic mass is 127. The summed E-state index contributed by atoms with van der Waals surface area (Å²) < 4.78 is 0.920. The fourth-order valence-corrected chi connectivity index (χ4v) is 2.31. The first kappa shape index (κ1) is 13.6. The van der Waals surface area contributed by atoms with Crippen LogP contribution in [0.4, 0.5) is 0 Å². The monoisotopic (exact) mass is 362 g/mol. The molecule has 0 unspecified atom stereocenters. The number of benzene rings is 2. The van der Waals surface area contributed by atoms with Gasteiger partial charge in [-0.3, -0.25) is 4.79 Å². The Hall–Kier alpha value is -1.87. The number of rotatable bonds is 3. The van der Waals surface area contributed by atoms with Crippen molar-refractivity contribution in [1.29, 1.82) is 5.26 Å². The van der Waals surface area contributed by atoms with Gasteiger partial charge in [-0.25, -0.2) is 0 Å². The molecule has 0 spiro atoms. The number of nitrogens with zero attached hydrogens (tertiary/aromatic N) is 1. The second kappa shape index (κ2) is 6.34. The first-order valence-electron chi connectivity index (χ1n) is 5.72. The lowest BCUT2D eigenvalue weighted by Crippen LogP contribution is -2.23. The van der Waals surface area contributed by atoms with E-state index in [4.69, 9.17) is 5.26 Å². The van der Waals surface area contributed by atoms with Crippen LogP contribution < -0.4 is 5.32 Å². The molecule has 0 aliphatic heterocycles. The average Bonchev–Trinajstić information content (AvgIpc) is 2.45. The van der Waals surface area contributed by atoms with E-state index in [1.165, 1.54) is 0 Å². The van der Waals surface area contributed by atoms with Crippen LogP contribution in [0.3, 0.4) is 0 Å². The summed E-state index contributed by atoms with van der Waals surface area (Å²) in [6.45, 7) is 0.416. The Morgan fingerprint density at radius 2 is 2.00 bits per heavy atom. The highest BCUT2D eigenvalue weighted by Gasteiger charge is 2.08. The molecule has 1 amide bonds. The molecule has 0 saturated heterocycles. The number of carbonyl (C=O) groups is 1. The molecule has 1 N–H and O–H groups in total. The zero-order valence-corrected chi connectivity index (χ0v) is 12.2. The lowest BCUT2D eigenvalue weighted by Gasteiger charge is -2.07. The molecule has 0 heterocycles. The first-order chi connectivity index (χ1) is 9.20. The average molecular weight is 362 g/mol. The summed E-state index contributed by atoms with van der Waals surface area (Å²) in [5.41, 5.74) is 2.18. The van der Waals surface area contributed by atoms with Crippen LogP contribution in [0.5, 0.6) is 0 Å². The van der Waals surface area contributed by atoms with Gasteiger partial charge in [0.15, 0.2) is 0 Å². The summed E-state index contributed by atoms with van der Waals surface area (Å²) in [6.07, 6.45) is 0. The quantitative estimate of drug-likeness (QED) is 0.854. The van der Waals surface area contributed by atoms with Crippen molar-refractivity contribution in [3.63, 3.8) is 0 Å². The maximum absolute atomic E-state index is 12.0. The molecule has 0 atom stereocenters. The number of halogens is 1. The molecular weight excluding hydrogens is 351 g/mol. The lowest BCUT2D eigenvalue weighted by atomic mass is 10.1. The highest BCUT2D eigenvalue weighted by molar-refractivity contribution is 14.1. The van der Waals surface area contributed by atoms with Crippen molar-refractivity contribution in [3.05, 3.63) is 68.8 Å². The van der Waals surface area contributed by atoms with Gasteiger partial charge in [-0.2, -0.15) is 5.26 Å². The summed E-state index contributed by atoms with van der Waals surface area (Å²) in [5, 5.41) is 11.7. The molecular formula is C15H11IN2O. The normalized spacial score (nSPS) is 9.68. The molecule has 2 rings (SSSR count). The molecule has 3 nitrogen and oxygen atoms in total. The highest BCUT2D eigenvalue weighted by Crippen LogP contribution is 2.11. The first-order valence-corrected chi connectivity index (χ1v) is 6.80. The van der Waals surface area contributed by atoms with E-state index < -0.39 is 0 Å². The van der Waals surface area contributed by atoms with E-state index in [9.17, 15) is 4.79 Å². The number of hydrogen-bond donors (Lipinski definition) is 1. The van der Waals surface area contributed by atoms with Crippen LogP contribution in [0.15, 0.2) is 48.5 Å². The molecule has 0 fully saturated rings. The van der Waals surface area contributed by atoms with Crippen molar-refractivity contribution in [2.45, 2.75) is 6.54 Å². The number of carbonyl (C=O) groups excluding carboxylic acids is 1. The molecule has 94 valence electrons. The largest absolute Gasteiger partial charge is 0.348 e. The van der Waals surface area contributed by atoms with Gasteiger partial charge in [0.1, 0.15) is 0 Å². The summed E-state index contributed by atoms with van der Waals surface area (Å²) in [6, 6.07) is 16.7. The van der Waals surface area contributed by atoms with Crippen molar-refractivity contribution in [2.24, 2.45) is 0 Å². The Balaban J connectivity index is 2.05. The van der Waals surface area contributed by atoms with E-state index in [1.54, 1.807) is 18.2 Å². The maximum Gasteiger partial charge on any atom is 0.252 e. The number of nitrogens with one attached hydrogen (secondary N) is 1. The molecule has 0 saturated carbocycles. The topological polar surface area (TPSA) is 52.9 Å². The van der Waals surface area contributed by atoms with Gasteiger partial charge in [0, 0.05) is 10.1 Å². The van der Waals surface area contributed by atoms with Crippen LogP contribution in [0, 0.1) is 14.9 Å². The Morgan fingerprint density at radius 3 is 2.74 bits per heavy atom. The van der Waals surface area contributed by atoms with Crippen molar-refractivity contribution in [1.82, 2.24) is 5.32 Å². The summed E-state index contributed by atoms with van der Waals surface area (Å²) in [7, 11) is 0. The van der Waals surface area contributed by atoms with E-state index >= 15 is 0 Å². The van der Waals surface area contributed by atoms with E-state index in [1.807, 2.05) is 30.3 Å². The molecule has 0 aromatic heterocycles. The van der Waals surface area contributed by atoms with E-state index in [2.05, 4.69) is 34.0 Å². The van der Waals surface area contributed by atoms with Crippen LogP contribution in [0.2, 0.25) is 0 Å². The lowest BCUT2D eigenvalue weighted by molar-refractivity contribution is 0.0950. The number of hydrogen-bond acceptors (Lipinski definition) is 2. The minimum atomic E-state index is -0.104. The van der Waals surface area contributed by atoms with E-state index in [0.717, 1.165) is 9.13 Å². The summed E-state index contributed by atoms with van der Waals surface area (Å²) in [5.74, 6) is -0.104. The van der Waals surface area contributed by atoms with Crippen LogP contribution in [0.25, 0.3) is 0 Å². The summed E-state index contributed by atoms with van der Waals surface area (Å²) >= 11 is 2.14. The summed E-state index contributed by atoms with van der Waals surface area (Å²) in [4.78, 5) is 12.0. The van der Waals surface area contributed by atoms with E-state index in [0.29, 0.717) is 17.7 Å². The van der Waals surface area contributed by atoms with Gasteiger partial charge in [0.05, 0.1) is 17.2 Å². The van der Waals surface area contributed by atoms with Crippen molar-refractivity contribution in [2.75, 3.05) is 0 Å². The molecule has 2 aromatic rings. The predicted molar refractivity (Wildman–Crippen MR) is 81.5 cm³/mol. The van der Waals surface area contributed by atoms with Crippen molar-refractivity contribution < 1.29 is 4.79 Å². The van der Waals surface area contributed by atoms with Gasteiger partial charge in [0.25, 0.3) is 5.91 Å². The zero-order chi connectivity index (χ0) is 13.7. The fraction of sp³-hybridized carbons (Fsp3) is 0.0667. The molecule has 0 bridgehead atoms. The molecule has 0 radical (unpaired) electrons. The van der Waals surface area contributed by atoms with Crippen LogP contribution >= 0.6 is 22.6 Å². The smallest absolute Gasteiger partial charge is 0.252 e. The number of nitriles is 1. The second-order valence-corrected chi connectivity index (χ2v) is 5.14. The van der Waals surface area contributed by atoms with Crippen molar-refractivity contribution >= 4 is 28.5 Å². The standard InChI is InChI=1S/C15H11IN2O/c16-14-7-2-1-6-13(14)15(19)18-10-12-5-3-4-11(8-12)9-17/h1-8H,10H2,(H,18,19). The van der Waals surface area contributed by atoms with Crippen molar-refractivity contribution in [3.8, 4) is 6.07 Å². The van der Waals surface area contributed by atoms with Crippen LogP contribution in [-0.2, 0) is 6.54 Å². The third kappa shape index (κ3) is 3.55. The molecule has 0 aliphatic carbocycles. The predicted octanol–water partition coefficient (Wildman–Crippen LogP) is 3.09. The van der Waals surface area contributed by atoms with Gasteiger partial charge in [-0.1, -0.05) is 24.3 Å². The van der Waals surface area contributed by atoms with Gasteiger partial charge in [0.2, 0.25) is 0 Å². The molecule has 4 heteroatoms. The Labute approximate surface area is 125 Å². The minimum absolute atomic E-state index is 0.104. The van der Waals surface area contributed by atoms with Gasteiger partial charge < -0.3 is 5.32 Å². The third-order valence-electron chi connectivity index (χ3n) is 2.63. The maximum atomic E-state index is 12.0. The van der Waals surface area contributed by atoms with Gasteiger partial charge in [-0.15, -0.1) is 0 Å². The Bertz CT molecular complexity index is 647. The van der Waals surface area contributed by atoms with Gasteiger partial charge >= 0.3 is 0 Å². The minimum Gasteiger partial charge on any atom is -0.348 e. The second-order valence-electron chi connectivity index (χ2n) is 3.97. The molecule has 2 aromatic carbocycles. The fourth-order valence-electron chi connectivity index (χ4n) is 1.67. The van der Waals surface area contributed by atoms with Gasteiger partial charge in [-0.05, 0) is 52.4 Å². The van der Waals surface area contributed by atoms with E-state index in [-0.39, 0.29) is 5.91 Å². The molecule has 0 aliphatic rings.